The highest BCUT2D eigenvalue weighted by atomic mass is 32.2. The van der Waals surface area contributed by atoms with E-state index in [1.807, 2.05) is 12.1 Å². The van der Waals surface area contributed by atoms with Gasteiger partial charge in [-0.25, -0.2) is 8.42 Å². The van der Waals surface area contributed by atoms with Gasteiger partial charge in [-0.05, 0) is 23.1 Å². The molecule has 0 atom stereocenters. The van der Waals surface area contributed by atoms with Crippen molar-refractivity contribution in [2.24, 2.45) is 0 Å². The average molecular weight is 341 g/mol. The monoisotopic (exact) mass is 341 g/mol. The minimum atomic E-state index is -3.61. The van der Waals surface area contributed by atoms with Crippen LogP contribution in [0.25, 0.3) is 0 Å². The van der Waals surface area contributed by atoms with Crippen molar-refractivity contribution in [3.05, 3.63) is 29.8 Å². The number of likely N-dealkylation sites (N-methyl/N-ethyl adjacent to an activating group) is 1. The van der Waals surface area contributed by atoms with Gasteiger partial charge in [0.15, 0.2) is 0 Å². The van der Waals surface area contributed by atoms with E-state index in [1.165, 1.54) is 11.4 Å². The summed E-state index contributed by atoms with van der Waals surface area (Å²) in [7, 11) is -2.09. The van der Waals surface area contributed by atoms with Crippen LogP contribution in [0.3, 0.4) is 0 Å². The fourth-order valence-corrected chi connectivity index (χ4v) is 3.97. The van der Waals surface area contributed by atoms with Gasteiger partial charge in [0.05, 0.1) is 10.5 Å². The molecule has 5 nitrogen and oxygen atoms in total. The Hall–Kier alpha value is -0.950. The SMILES string of the molecule is CN(CC1(O)CCOCC1)S(=O)(=O)c1ccc(C(C)(C)C)cc1. The lowest BCUT2D eigenvalue weighted by Crippen LogP contribution is -2.47. The van der Waals surface area contributed by atoms with Crippen LogP contribution in [0.2, 0.25) is 0 Å². The summed E-state index contributed by atoms with van der Waals surface area (Å²) < 4.78 is 31.9. The topological polar surface area (TPSA) is 66.8 Å². The fraction of sp³-hybridized carbons (Fsp3) is 0.647. The maximum atomic E-state index is 12.7. The Morgan fingerprint density at radius 1 is 1.17 bits per heavy atom. The quantitative estimate of drug-likeness (QED) is 0.911. The molecule has 1 N–H and O–H groups in total. The number of hydrogen-bond donors (Lipinski definition) is 1. The Balaban J connectivity index is 2.17. The summed E-state index contributed by atoms with van der Waals surface area (Å²) in [4.78, 5) is 0.253. The minimum Gasteiger partial charge on any atom is -0.388 e. The molecule has 1 aliphatic rings. The zero-order valence-electron chi connectivity index (χ0n) is 14.4. The van der Waals surface area contributed by atoms with Crippen molar-refractivity contribution in [1.29, 1.82) is 0 Å². The van der Waals surface area contributed by atoms with E-state index >= 15 is 0 Å². The van der Waals surface area contributed by atoms with Gasteiger partial charge in [-0.1, -0.05) is 32.9 Å². The normalized spacial score (nSPS) is 19.0. The summed E-state index contributed by atoms with van der Waals surface area (Å²) in [6.07, 6.45) is 0.908. The number of rotatable bonds is 4. The van der Waals surface area contributed by atoms with Crippen LogP contribution < -0.4 is 0 Å². The van der Waals surface area contributed by atoms with Crippen LogP contribution in [0.5, 0.6) is 0 Å². The van der Waals surface area contributed by atoms with E-state index in [-0.39, 0.29) is 16.9 Å². The molecule has 1 saturated heterocycles. The summed E-state index contributed by atoms with van der Waals surface area (Å²) in [6, 6.07) is 6.98. The highest BCUT2D eigenvalue weighted by Gasteiger charge is 2.35. The van der Waals surface area contributed by atoms with Crippen LogP contribution in [0.4, 0.5) is 0 Å². The Morgan fingerprint density at radius 2 is 1.70 bits per heavy atom. The number of benzene rings is 1. The van der Waals surface area contributed by atoms with E-state index in [9.17, 15) is 13.5 Å². The molecule has 0 amide bonds. The molecule has 0 radical (unpaired) electrons. The molecular weight excluding hydrogens is 314 g/mol. The average Bonchev–Trinajstić information content (AvgIpc) is 2.46. The van der Waals surface area contributed by atoms with Gasteiger partial charge in [0.1, 0.15) is 0 Å². The molecule has 2 rings (SSSR count). The third-order valence-corrected chi connectivity index (χ3v) is 6.19. The third kappa shape index (κ3) is 4.32. The van der Waals surface area contributed by atoms with E-state index in [4.69, 9.17) is 4.74 Å². The lowest BCUT2D eigenvalue weighted by atomic mass is 9.87. The molecule has 130 valence electrons. The molecule has 0 spiro atoms. The summed E-state index contributed by atoms with van der Waals surface area (Å²) in [5, 5.41) is 10.5. The second-order valence-corrected chi connectivity index (χ2v) is 9.42. The molecule has 1 aromatic carbocycles. The Labute approximate surface area is 139 Å². The molecule has 1 fully saturated rings. The molecule has 0 aliphatic carbocycles. The van der Waals surface area contributed by atoms with Crippen molar-refractivity contribution in [3.63, 3.8) is 0 Å². The van der Waals surface area contributed by atoms with Crippen molar-refractivity contribution in [2.75, 3.05) is 26.8 Å². The smallest absolute Gasteiger partial charge is 0.242 e. The van der Waals surface area contributed by atoms with Crippen LogP contribution in [-0.2, 0) is 20.2 Å². The van der Waals surface area contributed by atoms with Crippen molar-refractivity contribution in [3.8, 4) is 0 Å². The van der Waals surface area contributed by atoms with Crippen molar-refractivity contribution < 1.29 is 18.3 Å². The minimum absolute atomic E-state index is 0.0224. The first kappa shape index (κ1) is 18.4. The van der Waals surface area contributed by atoms with Crippen LogP contribution in [0.15, 0.2) is 29.2 Å². The fourth-order valence-electron chi connectivity index (χ4n) is 2.72. The highest BCUT2D eigenvalue weighted by Crippen LogP contribution is 2.26. The van der Waals surface area contributed by atoms with Gasteiger partial charge in [0.2, 0.25) is 10.0 Å². The van der Waals surface area contributed by atoms with Crippen LogP contribution in [0, 0.1) is 0 Å². The summed E-state index contributed by atoms with van der Waals surface area (Å²) >= 11 is 0. The number of hydrogen-bond acceptors (Lipinski definition) is 4. The molecule has 0 saturated carbocycles. The van der Waals surface area contributed by atoms with Crippen molar-refractivity contribution in [1.82, 2.24) is 4.31 Å². The number of ether oxygens (including phenoxy) is 1. The first-order chi connectivity index (χ1) is 10.5. The van der Waals surface area contributed by atoms with Crippen molar-refractivity contribution >= 4 is 10.0 Å². The van der Waals surface area contributed by atoms with Crippen molar-refractivity contribution in [2.45, 2.75) is 49.5 Å². The van der Waals surface area contributed by atoms with E-state index in [2.05, 4.69) is 20.8 Å². The maximum absolute atomic E-state index is 12.7. The Morgan fingerprint density at radius 3 is 2.17 bits per heavy atom. The molecular formula is C17H27NO4S. The predicted octanol–water partition coefficient (Wildman–Crippen LogP) is 2.15. The molecule has 0 aromatic heterocycles. The Kier molecular flexibility index (Phi) is 5.21. The third-order valence-electron chi connectivity index (χ3n) is 4.37. The standard InChI is InChI=1S/C17H27NO4S/c1-16(2,3)14-5-7-15(8-6-14)23(20,21)18(4)13-17(19)9-11-22-12-10-17/h5-8,19H,9-13H2,1-4H3. The van der Waals surface area contributed by atoms with E-state index in [1.54, 1.807) is 12.1 Å². The highest BCUT2D eigenvalue weighted by molar-refractivity contribution is 7.89. The van der Waals surface area contributed by atoms with Gasteiger partial charge >= 0.3 is 0 Å². The summed E-state index contributed by atoms with van der Waals surface area (Å²) in [6.45, 7) is 7.27. The summed E-state index contributed by atoms with van der Waals surface area (Å²) in [5.74, 6) is 0. The van der Waals surface area contributed by atoms with Crippen LogP contribution in [0.1, 0.15) is 39.2 Å². The molecule has 0 bridgehead atoms. The number of nitrogens with zero attached hydrogens (tertiary/aromatic N) is 1. The second-order valence-electron chi connectivity index (χ2n) is 7.37. The van der Waals surface area contributed by atoms with E-state index in [0.29, 0.717) is 26.1 Å². The molecule has 6 heteroatoms. The first-order valence-electron chi connectivity index (χ1n) is 7.92. The summed E-state index contributed by atoms with van der Waals surface area (Å²) in [5.41, 5.74) is 0.0544. The van der Waals surface area contributed by atoms with Gasteiger partial charge in [0, 0.05) is 39.6 Å². The van der Waals surface area contributed by atoms with Crippen LogP contribution in [-0.4, -0.2) is 50.2 Å². The zero-order chi connectivity index (χ0) is 17.3. The Bertz CT molecular complexity index is 626. The first-order valence-corrected chi connectivity index (χ1v) is 9.36. The zero-order valence-corrected chi connectivity index (χ0v) is 15.2. The molecule has 23 heavy (non-hydrogen) atoms. The van der Waals surface area contributed by atoms with Gasteiger partial charge in [-0.3, -0.25) is 0 Å². The van der Waals surface area contributed by atoms with E-state index in [0.717, 1.165) is 5.56 Å². The predicted molar refractivity (Wildman–Crippen MR) is 90.0 cm³/mol. The van der Waals surface area contributed by atoms with Gasteiger partial charge in [-0.15, -0.1) is 0 Å². The van der Waals surface area contributed by atoms with E-state index < -0.39 is 15.6 Å². The van der Waals surface area contributed by atoms with Gasteiger partial charge < -0.3 is 9.84 Å². The van der Waals surface area contributed by atoms with Gasteiger partial charge in [0.25, 0.3) is 0 Å². The lowest BCUT2D eigenvalue weighted by molar-refractivity contribution is -0.0689. The van der Waals surface area contributed by atoms with Crippen LogP contribution >= 0.6 is 0 Å². The lowest BCUT2D eigenvalue weighted by Gasteiger charge is -2.35. The number of sulfonamides is 1. The molecule has 1 aromatic rings. The second kappa shape index (κ2) is 6.51. The van der Waals surface area contributed by atoms with Gasteiger partial charge in [-0.2, -0.15) is 4.31 Å². The molecule has 0 unspecified atom stereocenters. The molecule has 1 aliphatic heterocycles. The molecule has 1 heterocycles. The number of aliphatic hydroxyl groups is 1. The maximum Gasteiger partial charge on any atom is 0.242 e. The largest absolute Gasteiger partial charge is 0.388 e.